The second kappa shape index (κ2) is 9.60. The Kier molecular flexibility index (Phi) is 6.91. The fraction of sp³-hybridized carbons (Fsp3) is 0.273. The molecule has 0 aliphatic carbocycles. The number of para-hydroxylation sites is 1. The first-order valence-corrected chi connectivity index (χ1v) is 10.2. The summed E-state index contributed by atoms with van der Waals surface area (Å²) >= 11 is 5.43. The van der Waals surface area contributed by atoms with Crippen molar-refractivity contribution in [2.45, 2.75) is 13.8 Å². The summed E-state index contributed by atoms with van der Waals surface area (Å²) in [5, 5.41) is 15.7. The molecule has 3 N–H and O–H groups in total. The van der Waals surface area contributed by atoms with Gasteiger partial charge in [0.1, 0.15) is 5.69 Å². The van der Waals surface area contributed by atoms with Gasteiger partial charge in [0.25, 0.3) is 5.56 Å². The Labute approximate surface area is 181 Å². The van der Waals surface area contributed by atoms with Gasteiger partial charge in [0.15, 0.2) is 5.11 Å². The quantitative estimate of drug-likeness (QED) is 0.505. The van der Waals surface area contributed by atoms with Crippen LogP contribution in [0.5, 0.6) is 0 Å². The highest BCUT2D eigenvalue weighted by atomic mass is 32.1. The molecular weight excluding hydrogens is 398 g/mol. The first kappa shape index (κ1) is 21.6. The fourth-order valence-electron chi connectivity index (χ4n) is 3.33. The van der Waals surface area contributed by atoms with Crippen molar-refractivity contribution < 1.29 is 5.11 Å². The molecule has 0 saturated heterocycles. The van der Waals surface area contributed by atoms with Gasteiger partial charge in [-0.2, -0.15) is 0 Å². The van der Waals surface area contributed by atoms with Gasteiger partial charge in [-0.25, -0.2) is 4.68 Å². The lowest BCUT2D eigenvalue weighted by Gasteiger charge is -2.22. The van der Waals surface area contributed by atoms with E-state index in [1.165, 1.54) is 0 Å². The Morgan fingerprint density at radius 1 is 1.10 bits per heavy atom. The number of thiocarbonyl (C=S) groups is 1. The Bertz CT molecular complexity index is 1060. The number of nitrogens with zero attached hydrogens (tertiary/aromatic N) is 3. The van der Waals surface area contributed by atoms with Crippen LogP contribution in [0, 0.1) is 6.92 Å². The van der Waals surface area contributed by atoms with Crippen LogP contribution in [0.3, 0.4) is 0 Å². The van der Waals surface area contributed by atoms with E-state index in [9.17, 15) is 9.90 Å². The Balaban J connectivity index is 1.75. The molecule has 158 valence electrons. The van der Waals surface area contributed by atoms with Crippen LogP contribution in [-0.4, -0.2) is 39.3 Å². The second-order valence-corrected chi connectivity index (χ2v) is 7.27. The van der Waals surface area contributed by atoms with Crippen molar-refractivity contribution in [3.63, 3.8) is 0 Å². The van der Waals surface area contributed by atoms with Gasteiger partial charge in [0, 0.05) is 31.5 Å². The molecule has 8 heteroatoms. The Hall–Kier alpha value is -3.10. The van der Waals surface area contributed by atoms with Gasteiger partial charge in [0.05, 0.1) is 18.0 Å². The number of hydrogen-bond acceptors (Lipinski definition) is 4. The van der Waals surface area contributed by atoms with Crippen molar-refractivity contribution in [1.82, 2.24) is 9.36 Å². The second-order valence-electron chi connectivity index (χ2n) is 6.87. The van der Waals surface area contributed by atoms with E-state index in [-0.39, 0.29) is 12.2 Å². The molecule has 0 saturated carbocycles. The summed E-state index contributed by atoms with van der Waals surface area (Å²) in [5.74, 6) is 0. The summed E-state index contributed by atoms with van der Waals surface area (Å²) < 4.78 is 3.41. The number of aliphatic hydroxyl groups excluding tert-OH is 1. The summed E-state index contributed by atoms with van der Waals surface area (Å²) in [5.41, 5.74) is 3.69. The first-order valence-electron chi connectivity index (χ1n) is 9.84. The van der Waals surface area contributed by atoms with Gasteiger partial charge < -0.3 is 20.6 Å². The maximum atomic E-state index is 13.0. The SMILES string of the molecule is CCN(CCO)c1ccc(NC(=S)Nc2c(C)n(C)n(-c3ccccc3)c2=O)cc1. The first-order chi connectivity index (χ1) is 14.5. The molecule has 3 aromatic rings. The highest BCUT2D eigenvalue weighted by molar-refractivity contribution is 7.80. The van der Waals surface area contributed by atoms with Crippen LogP contribution in [0.2, 0.25) is 0 Å². The lowest BCUT2D eigenvalue weighted by Crippen LogP contribution is -2.26. The minimum absolute atomic E-state index is 0.110. The summed E-state index contributed by atoms with van der Waals surface area (Å²) in [7, 11) is 1.84. The van der Waals surface area contributed by atoms with E-state index in [4.69, 9.17) is 12.2 Å². The topological polar surface area (TPSA) is 74.5 Å². The van der Waals surface area contributed by atoms with Crippen molar-refractivity contribution in [3.8, 4) is 5.69 Å². The number of hydrogen-bond donors (Lipinski definition) is 3. The monoisotopic (exact) mass is 425 g/mol. The molecule has 0 aliphatic heterocycles. The van der Waals surface area contributed by atoms with Gasteiger partial charge in [-0.1, -0.05) is 18.2 Å². The van der Waals surface area contributed by atoms with Gasteiger partial charge in [-0.05, 0) is 62.5 Å². The molecule has 0 spiro atoms. The molecule has 2 aromatic carbocycles. The fourth-order valence-corrected chi connectivity index (χ4v) is 3.55. The van der Waals surface area contributed by atoms with Crippen LogP contribution in [-0.2, 0) is 7.05 Å². The van der Waals surface area contributed by atoms with Crippen LogP contribution in [0.15, 0.2) is 59.4 Å². The molecule has 0 aliphatic rings. The third kappa shape index (κ3) is 4.55. The molecule has 0 fully saturated rings. The standard InChI is InChI=1S/C22H27N5O2S/c1-4-26(14-15-28)18-12-10-17(11-13-18)23-22(30)24-20-16(2)25(3)27(21(20)29)19-8-6-5-7-9-19/h5-13,28H,4,14-15H2,1-3H3,(H2,23,24,30). The lowest BCUT2D eigenvalue weighted by atomic mass is 10.2. The van der Waals surface area contributed by atoms with Crippen molar-refractivity contribution in [3.05, 3.63) is 70.6 Å². The number of anilines is 3. The number of rotatable bonds is 7. The molecule has 0 bridgehead atoms. The number of nitrogens with one attached hydrogen (secondary N) is 2. The van der Waals surface area contributed by atoms with E-state index < -0.39 is 0 Å². The highest BCUT2D eigenvalue weighted by Gasteiger charge is 2.17. The van der Waals surface area contributed by atoms with Gasteiger partial charge in [-0.15, -0.1) is 0 Å². The molecule has 0 radical (unpaired) electrons. The van der Waals surface area contributed by atoms with Crippen LogP contribution in [0.4, 0.5) is 17.1 Å². The van der Waals surface area contributed by atoms with E-state index in [0.717, 1.165) is 29.3 Å². The third-order valence-corrected chi connectivity index (χ3v) is 5.24. The minimum atomic E-state index is -0.164. The molecular formula is C22H27N5O2S. The Morgan fingerprint density at radius 3 is 2.37 bits per heavy atom. The molecule has 3 rings (SSSR count). The van der Waals surface area contributed by atoms with Crippen molar-refractivity contribution in [2.24, 2.45) is 7.05 Å². The maximum Gasteiger partial charge on any atom is 0.295 e. The number of aromatic nitrogens is 2. The smallest absolute Gasteiger partial charge is 0.295 e. The van der Waals surface area contributed by atoms with E-state index in [1.807, 2.05) is 75.5 Å². The predicted octanol–water partition coefficient (Wildman–Crippen LogP) is 3.11. The molecule has 0 amide bonds. The third-order valence-electron chi connectivity index (χ3n) is 5.03. The number of likely N-dealkylation sites (N-methyl/N-ethyl adjacent to an activating group) is 1. The van der Waals surface area contributed by atoms with E-state index in [1.54, 1.807) is 9.36 Å². The summed E-state index contributed by atoms with van der Waals surface area (Å²) in [6.45, 7) is 5.43. The lowest BCUT2D eigenvalue weighted by molar-refractivity contribution is 0.302. The van der Waals surface area contributed by atoms with Crippen molar-refractivity contribution in [1.29, 1.82) is 0 Å². The molecule has 0 atom stereocenters. The maximum absolute atomic E-state index is 13.0. The normalized spacial score (nSPS) is 10.7. The van der Waals surface area contributed by atoms with Crippen LogP contribution in [0.1, 0.15) is 12.6 Å². The number of aliphatic hydroxyl groups is 1. The van der Waals surface area contributed by atoms with E-state index in [0.29, 0.717) is 17.3 Å². The average molecular weight is 426 g/mol. The zero-order chi connectivity index (χ0) is 21.7. The van der Waals surface area contributed by atoms with Crippen molar-refractivity contribution in [2.75, 3.05) is 35.2 Å². The van der Waals surface area contributed by atoms with Crippen LogP contribution < -0.4 is 21.1 Å². The average Bonchev–Trinajstić information content (AvgIpc) is 2.96. The summed E-state index contributed by atoms with van der Waals surface area (Å²) in [6, 6.07) is 17.3. The molecule has 30 heavy (non-hydrogen) atoms. The van der Waals surface area contributed by atoms with Gasteiger partial charge in [0.2, 0.25) is 0 Å². The zero-order valence-electron chi connectivity index (χ0n) is 17.4. The van der Waals surface area contributed by atoms with E-state index in [2.05, 4.69) is 15.5 Å². The summed E-state index contributed by atoms with van der Waals surface area (Å²) in [6.07, 6.45) is 0. The Morgan fingerprint density at radius 2 is 1.77 bits per heavy atom. The van der Waals surface area contributed by atoms with Crippen molar-refractivity contribution >= 4 is 34.4 Å². The molecule has 0 unspecified atom stereocenters. The predicted molar refractivity (Wildman–Crippen MR) is 127 cm³/mol. The largest absolute Gasteiger partial charge is 0.395 e. The molecule has 1 heterocycles. The summed E-state index contributed by atoms with van der Waals surface area (Å²) in [4.78, 5) is 15.1. The van der Waals surface area contributed by atoms with E-state index >= 15 is 0 Å². The zero-order valence-corrected chi connectivity index (χ0v) is 18.2. The molecule has 1 aromatic heterocycles. The number of benzene rings is 2. The van der Waals surface area contributed by atoms with Gasteiger partial charge >= 0.3 is 0 Å². The van der Waals surface area contributed by atoms with Crippen LogP contribution >= 0.6 is 12.2 Å². The van der Waals surface area contributed by atoms with Gasteiger partial charge in [-0.3, -0.25) is 9.48 Å². The minimum Gasteiger partial charge on any atom is -0.395 e. The molecule has 7 nitrogen and oxygen atoms in total. The highest BCUT2D eigenvalue weighted by Crippen LogP contribution is 2.19. The van der Waals surface area contributed by atoms with Crippen LogP contribution in [0.25, 0.3) is 5.69 Å².